The molecular formula is C21H22BrClF2N2O2. The van der Waals surface area contributed by atoms with Crippen LogP contribution in [0.2, 0.25) is 5.02 Å². The van der Waals surface area contributed by atoms with Gasteiger partial charge in [-0.2, -0.15) is 13.7 Å². The van der Waals surface area contributed by atoms with Crippen molar-refractivity contribution >= 4 is 23.1 Å². The Hall–Kier alpha value is -1.70. The van der Waals surface area contributed by atoms with Crippen molar-refractivity contribution in [2.45, 2.75) is 38.0 Å². The number of alkyl halides is 2. The molecule has 1 unspecified atom stereocenters. The third-order valence-corrected chi connectivity index (χ3v) is 5.61. The molecular weight excluding hydrogens is 466 g/mol. The Balaban J connectivity index is 0.00000240. The number of aliphatic hydroxyl groups is 1. The molecule has 2 aliphatic heterocycles. The van der Waals surface area contributed by atoms with Crippen LogP contribution in [0.3, 0.4) is 0 Å². The molecule has 0 saturated carbocycles. The van der Waals surface area contributed by atoms with Crippen molar-refractivity contribution in [1.29, 1.82) is 0 Å². The van der Waals surface area contributed by atoms with Crippen LogP contribution in [0.15, 0.2) is 48.5 Å². The zero-order valence-corrected chi connectivity index (χ0v) is 18.0. The first-order chi connectivity index (χ1) is 13.5. The molecule has 1 N–H and O–H groups in total. The van der Waals surface area contributed by atoms with Crippen LogP contribution in [-0.2, 0) is 5.72 Å². The first kappa shape index (κ1) is 22.0. The number of ether oxygens (including phenoxy) is 1. The van der Waals surface area contributed by atoms with Crippen LogP contribution in [-0.4, -0.2) is 35.2 Å². The minimum absolute atomic E-state index is 0. The molecule has 4 nitrogen and oxygen atoms in total. The summed E-state index contributed by atoms with van der Waals surface area (Å²) in [5.41, 5.74) is 0.174. The summed E-state index contributed by atoms with van der Waals surface area (Å²) in [5.74, 6) is 1.15. The highest BCUT2D eigenvalue weighted by Gasteiger charge is 2.54. The van der Waals surface area contributed by atoms with E-state index in [2.05, 4.69) is 9.31 Å². The Morgan fingerprint density at radius 3 is 2.38 bits per heavy atom. The van der Waals surface area contributed by atoms with Gasteiger partial charge in [-0.05, 0) is 67.8 Å². The van der Waals surface area contributed by atoms with Gasteiger partial charge in [-0.1, -0.05) is 11.6 Å². The highest BCUT2D eigenvalue weighted by molar-refractivity contribution is 6.30. The van der Waals surface area contributed by atoms with Crippen LogP contribution in [0.25, 0.3) is 0 Å². The molecule has 2 aromatic rings. The maximum absolute atomic E-state index is 12.5. The van der Waals surface area contributed by atoms with Crippen molar-refractivity contribution in [3.63, 3.8) is 0 Å². The maximum Gasteiger partial charge on any atom is 0.387 e. The van der Waals surface area contributed by atoms with Crippen molar-refractivity contribution in [1.82, 2.24) is 0 Å². The summed E-state index contributed by atoms with van der Waals surface area (Å²) in [6, 6.07) is 13.6. The fraction of sp³-hybridized carbons (Fsp3) is 0.381. The highest BCUT2D eigenvalue weighted by atomic mass is 79.9. The largest absolute Gasteiger partial charge is 1.00 e. The second-order valence-corrected chi connectivity index (χ2v) is 7.62. The fourth-order valence-corrected chi connectivity index (χ4v) is 4.23. The molecule has 2 aliphatic rings. The predicted octanol–water partition coefficient (Wildman–Crippen LogP) is 1.60. The quantitative estimate of drug-likeness (QED) is 0.666. The number of anilines is 1. The van der Waals surface area contributed by atoms with Gasteiger partial charge < -0.3 is 26.8 Å². The van der Waals surface area contributed by atoms with Gasteiger partial charge in [-0.15, -0.1) is 0 Å². The molecule has 2 heterocycles. The summed E-state index contributed by atoms with van der Waals surface area (Å²) in [5, 5.41) is 12.4. The Labute approximate surface area is 184 Å². The van der Waals surface area contributed by atoms with Crippen LogP contribution in [0.5, 0.6) is 5.75 Å². The molecule has 2 aromatic carbocycles. The van der Waals surface area contributed by atoms with Gasteiger partial charge in [0.05, 0.1) is 6.54 Å². The van der Waals surface area contributed by atoms with Crippen molar-refractivity contribution in [3.8, 4) is 5.75 Å². The lowest BCUT2D eigenvalue weighted by molar-refractivity contribution is -0.534. The summed E-state index contributed by atoms with van der Waals surface area (Å²) in [4.78, 5) is 1.96. The summed E-state index contributed by atoms with van der Waals surface area (Å²) < 4.78 is 31.6. The van der Waals surface area contributed by atoms with E-state index in [0.717, 1.165) is 43.8 Å². The molecule has 1 atom stereocenters. The van der Waals surface area contributed by atoms with Crippen molar-refractivity contribution in [2.75, 3.05) is 18.0 Å². The lowest BCUT2D eigenvalue weighted by Crippen LogP contribution is -3.00. The zero-order valence-electron chi connectivity index (χ0n) is 15.7. The summed E-state index contributed by atoms with van der Waals surface area (Å²) in [7, 11) is 0. The van der Waals surface area contributed by atoms with E-state index in [9.17, 15) is 13.9 Å². The lowest BCUT2D eigenvalue weighted by atomic mass is 9.99. The Morgan fingerprint density at radius 2 is 1.72 bits per heavy atom. The number of hydrogen-bond acceptors (Lipinski definition) is 3. The van der Waals surface area contributed by atoms with E-state index in [1.54, 1.807) is 24.3 Å². The molecule has 0 aliphatic carbocycles. The first-order valence-electron chi connectivity index (χ1n) is 9.42. The predicted molar refractivity (Wildman–Crippen MR) is 104 cm³/mol. The van der Waals surface area contributed by atoms with E-state index in [0.29, 0.717) is 17.1 Å². The van der Waals surface area contributed by atoms with Gasteiger partial charge >= 0.3 is 6.61 Å². The number of hydrogen-bond donors (Lipinski definition) is 1. The van der Waals surface area contributed by atoms with Gasteiger partial charge in [0, 0.05) is 17.0 Å². The van der Waals surface area contributed by atoms with Gasteiger partial charge in [0.15, 0.2) is 6.54 Å². The molecule has 156 valence electrons. The van der Waals surface area contributed by atoms with Crippen LogP contribution in [0.4, 0.5) is 14.5 Å². The Morgan fingerprint density at radius 1 is 1.03 bits per heavy atom. The minimum atomic E-state index is -2.88. The number of amidine groups is 1. The Bertz CT molecular complexity index is 877. The van der Waals surface area contributed by atoms with E-state index in [4.69, 9.17) is 11.6 Å². The molecule has 8 heteroatoms. The van der Waals surface area contributed by atoms with Crippen LogP contribution in [0.1, 0.15) is 31.2 Å². The smallest absolute Gasteiger partial charge is 0.387 e. The zero-order chi connectivity index (χ0) is 19.7. The molecule has 4 rings (SSSR count). The second-order valence-electron chi connectivity index (χ2n) is 7.18. The van der Waals surface area contributed by atoms with Gasteiger partial charge in [0.25, 0.3) is 11.6 Å². The standard InChI is InChI=1S/C21H22ClF2N2O2.BrH/c22-16-7-9-17(10-8-16)26-19-4-2-1-3-13-25(19)14-21(26,27)15-5-11-18(12-6-15)28-20(23)24;/h5-12,20,27H,1-4,13-14H2;1H/q+1;/p-1. The molecule has 0 bridgehead atoms. The molecule has 0 spiro atoms. The molecule has 0 aromatic heterocycles. The number of nitrogens with zero attached hydrogens (tertiary/aromatic N) is 2. The molecule has 0 saturated heterocycles. The second kappa shape index (κ2) is 8.98. The minimum Gasteiger partial charge on any atom is -1.00 e. The van der Waals surface area contributed by atoms with Crippen molar-refractivity contribution in [2.24, 2.45) is 0 Å². The van der Waals surface area contributed by atoms with Crippen LogP contribution in [0, 0.1) is 0 Å². The van der Waals surface area contributed by atoms with Gasteiger partial charge in [-0.25, -0.2) is 0 Å². The van der Waals surface area contributed by atoms with Crippen LogP contribution >= 0.6 is 11.6 Å². The summed E-state index contributed by atoms with van der Waals surface area (Å²) in [6.07, 6.45) is 4.17. The SMILES string of the molecule is OC1(c2ccc(OC(F)F)cc2)C[N+]2=C(CCCCC2)N1c1ccc(Cl)cc1.[Br-]. The van der Waals surface area contributed by atoms with E-state index in [-0.39, 0.29) is 22.7 Å². The van der Waals surface area contributed by atoms with E-state index in [1.807, 2.05) is 17.0 Å². The normalized spacial score (nSPS) is 21.6. The van der Waals surface area contributed by atoms with E-state index < -0.39 is 12.3 Å². The van der Waals surface area contributed by atoms with E-state index in [1.165, 1.54) is 12.1 Å². The van der Waals surface area contributed by atoms with Gasteiger partial charge in [-0.3, -0.25) is 4.58 Å². The first-order valence-corrected chi connectivity index (χ1v) is 9.79. The van der Waals surface area contributed by atoms with Crippen molar-refractivity contribution < 1.29 is 40.2 Å². The highest BCUT2D eigenvalue weighted by Crippen LogP contribution is 2.38. The summed E-state index contributed by atoms with van der Waals surface area (Å²) >= 11 is 6.06. The average Bonchev–Trinajstić information content (AvgIpc) is 2.79. The molecule has 0 fully saturated rings. The monoisotopic (exact) mass is 486 g/mol. The maximum atomic E-state index is 12.5. The number of rotatable bonds is 4. The average molecular weight is 488 g/mol. The molecule has 0 amide bonds. The van der Waals surface area contributed by atoms with E-state index >= 15 is 0 Å². The Kier molecular flexibility index (Phi) is 6.81. The molecule has 0 radical (unpaired) electrons. The van der Waals surface area contributed by atoms with Gasteiger partial charge in [0.2, 0.25) is 0 Å². The molecule has 29 heavy (non-hydrogen) atoms. The van der Waals surface area contributed by atoms with Crippen molar-refractivity contribution in [3.05, 3.63) is 59.1 Å². The summed E-state index contributed by atoms with van der Waals surface area (Å²) in [6.45, 7) is -1.58. The topological polar surface area (TPSA) is 35.7 Å². The third-order valence-electron chi connectivity index (χ3n) is 5.36. The van der Waals surface area contributed by atoms with Gasteiger partial charge in [0.1, 0.15) is 11.4 Å². The van der Waals surface area contributed by atoms with Crippen LogP contribution < -0.4 is 26.6 Å². The number of benzene rings is 2. The lowest BCUT2D eigenvalue weighted by Gasteiger charge is -2.29. The number of halogens is 4. The fourth-order valence-electron chi connectivity index (χ4n) is 4.10. The third kappa shape index (κ3) is 4.42.